The normalized spacial score (nSPS) is 10.4. The van der Waals surface area contributed by atoms with Gasteiger partial charge in [-0.3, -0.25) is 0 Å². The maximum absolute atomic E-state index is 3.81. The van der Waals surface area contributed by atoms with Crippen molar-refractivity contribution in [3.8, 4) is 0 Å². The van der Waals surface area contributed by atoms with Crippen LogP contribution in [0.15, 0.2) is 12.4 Å². The first-order chi connectivity index (χ1) is 4.72. The quantitative estimate of drug-likeness (QED) is 0.712. The van der Waals surface area contributed by atoms with E-state index in [2.05, 4.69) is 46.6 Å². The second kappa shape index (κ2) is 3.27. The molecular weight excluding hydrogens is 239 g/mol. The lowest BCUT2D eigenvalue weighted by atomic mass is 10.1. The summed E-state index contributed by atoms with van der Waals surface area (Å²) in [5.74, 6) is 0.544. The van der Waals surface area contributed by atoms with E-state index in [1.165, 1.54) is 9.13 Å². The van der Waals surface area contributed by atoms with Crippen LogP contribution in [0, 0.1) is 3.57 Å². The van der Waals surface area contributed by atoms with Crippen molar-refractivity contribution in [1.82, 2.24) is 10.2 Å². The van der Waals surface area contributed by atoms with E-state index in [1.54, 1.807) is 6.20 Å². The van der Waals surface area contributed by atoms with Gasteiger partial charge < -0.3 is 0 Å². The number of aromatic nitrogens is 2. The molecule has 0 aliphatic heterocycles. The van der Waals surface area contributed by atoms with E-state index in [9.17, 15) is 0 Å². The van der Waals surface area contributed by atoms with Gasteiger partial charge in [-0.2, -0.15) is 10.2 Å². The largest absolute Gasteiger partial charge is 0.159 e. The summed E-state index contributed by atoms with van der Waals surface area (Å²) < 4.78 is 1.20. The molecule has 0 N–H and O–H groups in total. The molecule has 1 rings (SSSR count). The predicted molar refractivity (Wildman–Crippen MR) is 48.8 cm³/mol. The Morgan fingerprint density at radius 3 is 2.30 bits per heavy atom. The molecule has 0 aliphatic carbocycles. The topological polar surface area (TPSA) is 25.8 Å². The highest BCUT2D eigenvalue weighted by atomic mass is 127. The third kappa shape index (κ3) is 1.65. The molecule has 0 atom stereocenters. The van der Waals surface area contributed by atoms with Crippen molar-refractivity contribution in [2.24, 2.45) is 0 Å². The standard InChI is InChI=1S/C7H9IN2/c1-5(2)6-3-9-10-4-7(6)8/h3-5H,1-2H3. The van der Waals surface area contributed by atoms with Crippen molar-refractivity contribution < 1.29 is 0 Å². The highest BCUT2D eigenvalue weighted by Gasteiger charge is 2.02. The molecule has 0 radical (unpaired) electrons. The summed E-state index contributed by atoms with van der Waals surface area (Å²) in [6.45, 7) is 4.30. The van der Waals surface area contributed by atoms with Crippen molar-refractivity contribution in [2.75, 3.05) is 0 Å². The Balaban J connectivity index is 3.03. The molecule has 54 valence electrons. The van der Waals surface area contributed by atoms with Crippen LogP contribution in [0.1, 0.15) is 25.3 Å². The van der Waals surface area contributed by atoms with Crippen LogP contribution in [0.4, 0.5) is 0 Å². The molecule has 0 unspecified atom stereocenters. The van der Waals surface area contributed by atoms with Gasteiger partial charge in [-0.05, 0) is 34.1 Å². The van der Waals surface area contributed by atoms with Crippen molar-refractivity contribution in [3.05, 3.63) is 21.5 Å². The van der Waals surface area contributed by atoms with Crippen molar-refractivity contribution in [2.45, 2.75) is 19.8 Å². The lowest BCUT2D eigenvalue weighted by Gasteiger charge is -2.04. The van der Waals surface area contributed by atoms with E-state index in [0.29, 0.717) is 5.92 Å². The Bertz CT molecular complexity index is 223. The first-order valence-corrected chi connectivity index (χ1v) is 4.25. The first-order valence-electron chi connectivity index (χ1n) is 3.18. The van der Waals surface area contributed by atoms with E-state index in [4.69, 9.17) is 0 Å². The van der Waals surface area contributed by atoms with Crippen LogP contribution in [0.2, 0.25) is 0 Å². The fraction of sp³-hybridized carbons (Fsp3) is 0.429. The Hall–Kier alpha value is -0.190. The third-order valence-electron chi connectivity index (χ3n) is 1.33. The lowest BCUT2D eigenvalue weighted by Crippen LogP contribution is -1.94. The van der Waals surface area contributed by atoms with Gasteiger partial charge in [0.1, 0.15) is 0 Å². The molecular formula is C7H9IN2. The highest BCUT2D eigenvalue weighted by Crippen LogP contribution is 2.18. The first kappa shape index (κ1) is 7.91. The molecule has 1 aromatic heterocycles. The van der Waals surface area contributed by atoms with Crippen LogP contribution in [0.3, 0.4) is 0 Å². The van der Waals surface area contributed by atoms with Crippen molar-refractivity contribution in [1.29, 1.82) is 0 Å². The number of hydrogen-bond acceptors (Lipinski definition) is 2. The monoisotopic (exact) mass is 248 g/mol. The van der Waals surface area contributed by atoms with E-state index in [-0.39, 0.29) is 0 Å². The number of halogens is 1. The zero-order chi connectivity index (χ0) is 7.56. The second-order valence-electron chi connectivity index (χ2n) is 2.45. The van der Waals surface area contributed by atoms with Gasteiger partial charge in [0.05, 0.1) is 12.4 Å². The minimum Gasteiger partial charge on any atom is -0.159 e. The zero-order valence-electron chi connectivity index (χ0n) is 6.00. The average Bonchev–Trinajstić information content (AvgIpc) is 1.88. The fourth-order valence-corrected chi connectivity index (χ4v) is 1.63. The number of rotatable bonds is 1. The van der Waals surface area contributed by atoms with E-state index < -0.39 is 0 Å². The van der Waals surface area contributed by atoms with Crippen LogP contribution in [0.5, 0.6) is 0 Å². The molecule has 0 saturated carbocycles. The summed E-state index contributed by atoms with van der Waals surface area (Å²) >= 11 is 2.27. The molecule has 1 aromatic rings. The van der Waals surface area contributed by atoms with E-state index >= 15 is 0 Å². The van der Waals surface area contributed by atoms with Gasteiger partial charge in [0.15, 0.2) is 0 Å². The minimum absolute atomic E-state index is 0.544. The van der Waals surface area contributed by atoms with Crippen molar-refractivity contribution in [3.63, 3.8) is 0 Å². The molecule has 3 heteroatoms. The van der Waals surface area contributed by atoms with Crippen LogP contribution in [-0.4, -0.2) is 10.2 Å². The van der Waals surface area contributed by atoms with E-state index in [0.717, 1.165) is 0 Å². The molecule has 1 heterocycles. The van der Waals surface area contributed by atoms with Gasteiger partial charge in [-0.25, -0.2) is 0 Å². The third-order valence-corrected chi connectivity index (χ3v) is 2.23. The van der Waals surface area contributed by atoms with Gasteiger partial charge in [0.25, 0.3) is 0 Å². The van der Waals surface area contributed by atoms with Gasteiger partial charge in [-0.1, -0.05) is 13.8 Å². The maximum Gasteiger partial charge on any atom is 0.0632 e. The van der Waals surface area contributed by atoms with E-state index in [1.807, 2.05) is 6.20 Å². The number of hydrogen-bond donors (Lipinski definition) is 0. The molecule has 2 nitrogen and oxygen atoms in total. The Morgan fingerprint density at radius 1 is 1.30 bits per heavy atom. The van der Waals surface area contributed by atoms with Crippen molar-refractivity contribution >= 4 is 22.6 Å². The molecule has 0 aromatic carbocycles. The molecule has 0 aliphatic rings. The van der Waals surface area contributed by atoms with Gasteiger partial charge in [-0.15, -0.1) is 0 Å². The summed E-state index contributed by atoms with van der Waals surface area (Å²) in [4.78, 5) is 0. The maximum atomic E-state index is 3.81. The highest BCUT2D eigenvalue weighted by molar-refractivity contribution is 14.1. The zero-order valence-corrected chi connectivity index (χ0v) is 8.16. The number of nitrogens with zero attached hydrogens (tertiary/aromatic N) is 2. The fourth-order valence-electron chi connectivity index (χ4n) is 0.741. The Kier molecular flexibility index (Phi) is 2.59. The van der Waals surface area contributed by atoms with Crippen LogP contribution < -0.4 is 0 Å². The average molecular weight is 248 g/mol. The molecule has 10 heavy (non-hydrogen) atoms. The van der Waals surface area contributed by atoms with Gasteiger partial charge in [0, 0.05) is 3.57 Å². The molecule has 0 amide bonds. The second-order valence-corrected chi connectivity index (χ2v) is 3.61. The van der Waals surface area contributed by atoms with Crippen LogP contribution in [0.25, 0.3) is 0 Å². The summed E-state index contributed by atoms with van der Waals surface area (Å²) in [6.07, 6.45) is 3.61. The minimum atomic E-state index is 0.544. The predicted octanol–water partition coefficient (Wildman–Crippen LogP) is 2.20. The Labute approximate surface area is 74.2 Å². The summed E-state index contributed by atoms with van der Waals surface area (Å²) in [5.41, 5.74) is 1.27. The molecule has 0 bridgehead atoms. The van der Waals surface area contributed by atoms with Gasteiger partial charge in [0.2, 0.25) is 0 Å². The summed E-state index contributed by atoms with van der Waals surface area (Å²) in [7, 11) is 0. The summed E-state index contributed by atoms with van der Waals surface area (Å²) in [5, 5.41) is 7.58. The van der Waals surface area contributed by atoms with Gasteiger partial charge >= 0.3 is 0 Å². The smallest absolute Gasteiger partial charge is 0.0632 e. The van der Waals surface area contributed by atoms with Crippen LogP contribution in [-0.2, 0) is 0 Å². The molecule has 0 saturated heterocycles. The molecule has 0 fully saturated rings. The SMILES string of the molecule is CC(C)c1cnncc1I. The summed E-state index contributed by atoms with van der Waals surface area (Å²) in [6, 6.07) is 0. The lowest BCUT2D eigenvalue weighted by molar-refractivity contribution is 0.832. The molecule has 0 spiro atoms. The van der Waals surface area contributed by atoms with Crippen LogP contribution >= 0.6 is 22.6 Å². The Morgan fingerprint density at radius 2 is 1.90 bits per heavy atom.